The summed E-state index contributed by atoms with van der Waals surface area (Å²) in [5, 5.41) is 8.92. The summed E-state index contributed by atoms with van der Waals surface area (Å²) in [6.45, 7) is 0.262. The number of carbonyl (C=O) groups is 1. The van der Waals surface area contributed by atoms with Crippen molar-refractivity contribution >= 4 is 26.7 Å². The zero-order chi connectivity index (χ0) is 22.7. The summed E-state index contributed by atoms with van der Waals surface area (Å²) >= 11 is 0. The van der Waals surface area contributed by atoms with Crippen LogP contribution in [-0.4, -0.2) is 20.9 Å². The van der Waals surface area contributed by atoms with Gasteiger partial charge in [0.05, 0.1) is 10.3 Å². The number of nitrogens with one attached hydrogen (secondary N) is 1. The van der Waals surface area contributed by atoms with Crippen LogP contribution < -0.4 is 16.1 Å². The highest BCUT2D eigenvalue weighted by atomic mass is 32.2. The Morgan fingerprint density at radius 2 is 1.50 bits per heavy atom. The van der Waals surface area contributed by atoms with Crippen LogP contribution in [0.25, 0.3) is 21.9 Å². The van der Waals surface area contributed by atoms with E-state index in [2.05, 4.69) is 5.32 Å². The molecule has 0 aliphatic rings. The number of hydrogen-bond donors (Lipinski definition) is 2. The van der Waals surface area contributed by atoms with Crippen molar-refractivity contribution in [1.29, 1.82) is 0 Å². The number of benzene rings is 3. The van der Waals surface area contributed by atoms with Gasteiger partial charge in [0.25, 0.3) is 5.91 Å². The zero-order valence-electron chi connectivity index (χ0n) is 16.9. The Morgan fingerprint density at radius 3 is 2.16 bits per heavy atom. The highest BCUT2D eigenvalue weighted by Crippen LogP contribution is 2.30. The van der Waals surface area contributed by atoms with E-state index in [9.17, 15) is 18.0 Å². The molecule has 3 N–H and O–H groups in total. The van der Waals surface area contributed by atoms with Crippen molar-refractivity contribution in [2.75, 3.05) is 6.54 Å². The van der Waals surface area contributed by atoms with Gasteiger partial charge in [-0.05, 0) is 35.7 Å². The molecule has 7 nitrogen and oxygen atoms in total. The summed E-state index contributed by atoms with van der Waals surface area (Å²) in [5.74, 6) is -0.558. The largest absolute Gasteiger partial charge is 0.416 e. The second-order valence-electron chi connectivity index (χ2n) is 7.20. The fourth-order valence-electron chi connectivity index (χ4n) is 3.50. The van der Waals surface area contributed by atoms with Crippen LogP contribution in [0.3, 0.4) is 0 Å². The Labute approximate surface area is 184 Å². The standard InChI is InChI=1S/C24H20N2O5S/c25-32(29,30)18-12-10-16(11-13-18)14-15-26-23(27)22-21(17-6-2-1-3-7-17)19-8-4-5-9-20(19)24(28)31-22/h1-13H,14-15H2,(H,26,27)(H2,25,29,30). The first-order valence-corrected chi connectivity index (χ1v) is 11.4. The number of nitrogens with two attached hydrogens (primary N) is 1. The molecule has 32 heavy (non-hydrogen) atoms. The zero-order valence-corrected chi connectivity index (χ0v) is 17.8. The van der Waals surface area contributed by atoms with Crippen LogP contribution in [0.4, 0.5) is 0 Å². The molecule has 0 bridgehead atoms. The molecule has 4 rings (SSSR count). The highest BCUT2D eigenvalue weighted by Gasteiger charge is 2.21. The fraction of sp³-hybridized carbons (Fsp3) is 0.0833. The third-order valence-electron chi connectivity index (χ3n) is 5.06. The van der Waals surface area contributed by atoms with Crippen molar-refractivity contribution in [3.8, 4) is 11.1 Å². The van der Waals surface area contributed by atoms with E-state index in [1.807, 2.05) is 30.3 Å². The molecule has 0 fully saturated rings. The van der Waals surface area contributed by atoms with Gasteiger partial charge in [-0.3, -0.25) is 4.79 Å². The van der Waals surface area contributed by atoms with Gasteiger partial charge >= 0.3 is 5.63 Å². The molecule has 162 valence electrons. The molecule has 0 aliphatic heterocycles. The second-order valence-corrected chi connectivity index (χ2v) is 8.76. The first-order chi connectivity index (χ1) is 15.3. The number of amides is 1. The number of rotatable bonds is 6. The van der Waals surface area contributed by atoms with E-state index < -0.39 is 21.6 Å². The maximum atomic E-state index is 13.0. The topological polar surface area (TPSA) is 119 Å². The monoisotopic (exact) mass is 448 g/mol. The van der Waals surface area contributed by atoms with E-state index in [0.29, 0.717) is 22.8 Å². The Bertz CT molecular complexity index is 1440. The molecule has 0 saturated heterocycles. The molecule has 0 radical (unpaired) electrons. The van der Waals surface area contributed by atoms with Crippen molar-refractivity contribution in [3.05, 3.63) is 101 Å². The first kappa shape index (κ1) is 21.5. The summed E-state index contributed by atoms with van der Waals surface area (Å²) in [6, 6.07) is 22.4. The Hall–Kier alpha value is -3.75. The lowest BCUT2D eigenvalue weighted by atomic mass is 9.98. The Kier molecular flexibility index (Phi) is 5.89. The maximum absolute atomic E-state index is 13.0. The van der Waals surface area contributed by atoms with E-state index in [1.54, 1.807) is 36.4 Å². The van der Waals surface area contributed by atoms with Crippen LogP contribution in [0.2, 0.25) is 0 Å². The Morgan fingerprint density at radius 1 is 0.875 bits per heavy atom. The average Bonchev–Trinajstić information content (AvgIpc) is 2.79. The summed E-state index contributed by atoms with van der Waals surface area (Å²) < 4.78 is 28.2. The average molecular weight is 449 g/mol. The van der Waals surface area contributed by atoms with Gasteiger partial charge < -0.3 is 9.73 Å². The molecule has 0 saturated carbocycles. The summed E-state index contributed by atoms with van der Waals surface area (Å²) in [6.07, 6.45) is 0.453. The summed E-state index contributed by atoms with van der Waals surface area (Å²) in [4.78, 5) is 25.5. The van der Waals surface area contributed by atoms with Crippen LogP contribution >= 0.6 is 0 Å². The minimum absolute atomic E-state index is 0.0238. The number of fused-ring (bicyclic) bond motifs is 1. The molecule has 0 atom stereocenters. The van der Waals surface area contributed by atoms with Crippen molar-refractivity contribution in [2.45, 2.75) is 11.3 Å². The minimum atomic E-state index is -3.75. The van der Waals surface area contributed by atoms with Gasteiger partial charge in [0.2, 0.25) is 15.8 Å². The fourth-order valence-corrected chi connectivity index (χ4v) is 4.01. The van der Waals surface area contributed by atoms with E-state index in [0.717, 1.165) is 11.1 Å². The van der Waals surface area contributed by atoms with Crippen LogP contribution in [-0.2, 0) is 16.4 Å². The third-order valence-corrected chi connectivity index (χ3v) is 5.99. The maximum Gasteiger partial charge on any atom is 0.344 e. The lowest BCUT2D eigenvalue weighted by Gasteiger charge is -2.12. The summed E-state index contributed by atoms with van der Waals surface area (Å²) in [7, 11) is -3.75. The molecular weight excluding hydrogens is 428 g/mol. The quantitative estimate of drug-likeness (QED) is 0.470. The summed E-state index contributed by atoms with van der Waals surface area (Å²) in [5.41, 5.74) is 1.55. The van der Waals surface area contributed by atoms with Crippen LogP contribution in [0.1, 0.15) is 16.1 Å². The number of primary sulfonamides is 1. The molecule has 3 aromatic carbocycles. The molecule has 0 aliphatic carbocycles. The molecule has 4 aromatic rings. The highest BCUT2D eigenvalue weighted by molar-refractivity contribution is 7.89. The van der Waals surface area contributed by atoms with Crippen LogP contribution in [0, 0.1) is 0 Å². The van der Waals surface area contributed by atoms with Gasteiger partial charge in [-0.15, -0.1) is 0 Å². The van der Waals surface area contributed by atoms with Crippen molar-refractivity contribution in [3.63, 3.8) is 0 Å². The van der Waals surface area contributed by atoms with Gasteiger partial charge in [0, 0.05) is 17.5 Å². The number of carbonyl (C=O) groups excluding carboxylic acids is 1. The van der Waals surface area contributed by atoms with E-state index in [1.165, 1.54) is 12.1 Å². The van der Waals surface area contributed by atoms with Crippen molar-refractivity contribution < 1.29 is 17.6 Å². The predicted octanol–water partition coefficient (Wildman–Crippen LogP) is 3.08. The van der Waals surface area contributed by atoms with Gasteiger partial charge in [-0.2, -0.15) is 0 Å². The smallest absolute Gasteiger partial charge is 0.344 e. The molecule has 1 heterocycles. The van der Waals surface area contributed by atoms with Crippen LogP contribution in [0.15, 0.2) is 93.0 Å². The SMILES string of the molecule is NS(=O)(=O)c1ccc(CCNC(=O)c2oc(=O)c3ccccc3c2-c2ccccc2)cc1. The first-order valence-electron chi connectivity index (χ1n) is 9.86. The van der Waals surface area contributed by atoms with Crippen molar-refractivity contribution in [1.82, 2.24) is 5.32 Å². The van der Waals surface area contributed by atoms with E-state index >= 15 is 0 Å². The normalized spacial score (nSPS) is 11.4. The molecule has 0 unspecified atom stereocenters. The van der Waals surface area contributed by atoms with Gasteiger partial charge in [-0.25, -0.2) is 18.4 Å². The van der Waals surface area contributed by atoms with Gasteiger partial charge in [0.1, 0.15) is 0 Å². The van der Waals surface area contributed by atoms with E-state index in [-0.39, 0.29) is 17.2 Å². The van der Waals surface area contributed by atoms with Crippen LogP contribution in [0.5, 0.6) is 0 Å². The molecule has 0 spiro atoms. The molecule has 8 heteroatoms. The lowest BCUT2D eigenvalue weighted by molar-refractivity contribution is 0.0923. The number of sulfonamides is 1. The van der Waals surface area contributed by atoms with Gasteiger partial charge in [-0.1, -0.05) is 60.7 Å². The predicted molar refractivity (Wildman–Crippen MR) is 122 cm³/mol. The van der Waals surface area contributed by atoms with E-state index in [4.69, 9.17) is 9.56 Å². The van der Waals surface area contributed by atoms with Crippen molar-refractivity contribution in [2.24, 2.45) is 5.14 Å². The lowest BCUT2D eigenvalue weighted by Crippen LogP contribution is -2.27. The minimum Gasteiger partial charge on any atom is -0.416 e. The molecule has 1 aromatic heterocycles. The molecule has 1 amide bonds. The third kappa shape index (κ3) is 4.46. The number of hydrogen-bond acceptors (Lipinski definition) is 5. The Balaban J connectivity index is 1.60. The van der Waals surface area contributed by atoms with Gasteiger partial charge in [0.15, 0.2) is 0 Å². The molecular formula is C24H20N2O5S. The second kappa shape index (κ2) is 8.78.